The zero-order valence-corrected chi connectivity index (χ0v) is 19.1. The van der Waals surface area contributed by atoms with Crippen LogP contribution in [0.5, 0.6) is 0 Å². The molecule has 10 heteroatoms. The molecule has 2 heterocycles. The summed E-state index contributed by atoms with van der Waals surface area (Å²) in [5.74, 6) is 0.683. The third kappa shape index (κ3) is 6.44. The van der Waals surface area contributed by atoms with Gasteiger partial charge < -0.3 is 19.6 Å². The number of benzene rings is 1. The highest BCUT2D eigenvalue weighted by atomic mass is 32.2. The minimum Gasteiger partial charge on any atom is -0.372 e. The van der Waals surface area contributed by atoms with Crippen molar-refractivity contribution in [2.24, 2.45) is 4.99 Å². The van der Waals surface area contributed by atoms with Crippen molar-refractivity contribution in [1.82, 2.24) is 19.7 Å². The van der Waals surface area contributed by atoms with E-state index in [0.29, 0.717) is 31.9 Å². The molecule has 1 aliphatic rings. The number of piperazine rings is 1. The summed E-state index contributed by atoms with van der Waals surface area (Å²) in [6.45, 7) is 6.95. The zero-order chi connectivity index (χ0) is 22.1. The van der Waals surface area contributed by atoms with Gasteiger partial charge in [-0.25, -0.2) is 8.42 Å². The van der Waals surface area contributed by atoms with Gasteiger partial charge in [-0.2, -0.15) is 4.31 Å². The summed E-state index contributed by atoms with van der Waals surface area (Å²) in [7, 11) is -1.64. The Balaban J connectivity index is 1.43. The number of aromatic nitrogens is 1. The lowest BCUT2D eigenvalue weighted by Crippen LogP contribution is -2.54. The van der Waals surface area contributed by atoms with Crippen molar-refractivity contribution in [2.75, 3.05) is 57.8 Å². The van der Waals surface area contributed by atoms with Crippen LogP contribution in [0.15, 0.2) is 52.2 Å². The molecule has 0 unspecified atom stereocenters. The summed E-state index contributed by atoms with van der Waals surface area (Å²) in [5.41, 5.74) is 1.66. The lowest BCUT2D eigenvalue weighted by molar-refractivity contribution is 0.260. The van der Waals surface area contributed by atoms with Gasteiger partial charge in [0.1, 0.15) is 12.0 Å². The molecule has 1 fully saturated rings. The highest BCUT2D eigenvalue weighted by molar-refractivity contribution is 7.88. The number of nitrogens with zero attached hydrogens (tertiary/aromatic N) is 5. The van der Waals surface area contributed by atoms with E-state index in [2.05, 4.69) is 56.5 Å². The lowest BCUT2D eigenvalue weighted by Gasteiger charge is -2.35. The Kier molecular flexibility index (Phi) is 8.30. The second-order valence-corrected chi connectivity index (χ2v) is 9.34. The van der Waals surface area contributed by atoms with E-state index in [9.17, 15) is 8.42 Å². The fraction of sp³-hybridized carbons (Fsp3) is 0.524. The fourth-order valence-corrected chi connectivity index (χ4v) is 5.10. The van der Waals surface area contributed by atoms with Crippen molar-refractivity contribution in [1.29, 1.82) is 0 Å². The van der Waals surface area contributed by atoms with E-state index in [-0.39, 0.29) is 5.75 Å². The van der Waals surface area contributed by atoms with E-state index in [1.165, 1.54) is 16.3 Å². The summed E-state index contributed by atoms with van der Waals surface area (Å²) in [5, 5.41) is 7.13. The van der Waals surface area contributed by atoms with Gasteiger partial charge in [-0.15, -0.1) is 0 Å². The largest absolute Gasteiger partial charge is 0.372 e. The van der Waals surface area contributed by atoms with Crippen LogP contribution in [0.3, 0.4) is 0 Å². The van der Waals surface area contributed by atoms with E-state index in [4.69, 9.17) is 4.52 Å². The van der Waals surface area contributed by atoms with Gasteiger partial charge in [-0.05, 0) is 25.5 Å². The first kappa shape index (κ1) is 23.1. The van der Waals surface area contributed by atoms with Crippen molar-refractivity contribution < 1.29 is 12.9 Å². The molecule has 0 atom stereocenters. The predicted octanol–water partition coefficient (Wildman–Crippen LogP) is 1.61. The van der Waals surface area contributed by atoms with E-state index in [1.807, 2.05) is 6.07 Å². The molecule has 1 aromatic carbocycles. The highest BCUT2D eigenvalue weighted by Crippen LogP contribution is 2.14. The highest BCUT2D eigenvalue weighted by Gasteiger charge is 2.28. The first-order valence-electron chi connectivity index (χ1n) is 10.7. The molecule has 0 spiro atoms. The molecular weight excluding hydrogens is 416 g/mol. The fourth-order valence-electron chi connectivity index (χ4n) is 3.68. The van der Waals surface area contributed by atoms with Crippen molar-refractivity contribution in [3.63, 3.8) is 0 Å². The maximum absolute atomic E-state index is 12.6. The lowest BCUT2D eigenvalue weighted by atomic mass is 10.2. The predicted molar refractivity (Wildman–Crippen MR) is 123 cm³/mol. The van der Waals surface area contributed by atoms with Gasteiger partial charge in [0.15, 0.2) is 5.96 Å². The minimum absolute atomic E-state index is 0.133. The van der Waals surface area contributed by atoms with Crippen LogP contribution in [0.1, 0.15) is 19.0 Å². The van der Waals surface area contributed by atoms with Gasteiger partial charge in [0.05, 0.1) is 5.69 Å². The van der Waals surface area contributed by atoms with Gasteiger partial charge in [-0.3, -0.25) is 4.99 Å². The molecule has 0 radical (unpaired) electrons. The molecule has 1 saturated heterocycles. The number of anilines is 1. The second-order valence-electron chi connectivity index (χ2n) is 7.38. The molecule has 0 amide bonds. The summed E-state index contributed by atoms with van der Waals surface area (Å²) >= 11 is 0. The Morgan fingerprint density at radius 1 is 1.19 bits per heavy atom. The molecule has 2 aromatic rings. The molecule has 0 aliphatic carbocycles. The van der Waals surface area contributed by atoms with E-state index in [1.54, 1.807) is 13.1 Å². The van der Waals surface area contributed by atoms with Crippen LogP contribution in [0.25, 0.3) is 0 Å². The van der Waals surface area contributed by atoms with Crippen LogP contribution in [-0.4, -0.2) is 81.6 Å². The maximum Gasteiger partial charge on any atom is 0.220 e. The van der Waals surface area contributed by atoms with Crippen LogP contribution in [0.2, 0.25) is 0 Å². The molecular formula is C21H32N6O3S. The average molecular weight is 449 g/mol. The first-order valence-corrected chi connectivity index (χ1v) is 12.3. The Labute approximate surface area is 184 Å². The topological polar surface area (TPSA) is 94.3 Å². The number of nitrogens with one attached hydrogen (secondary N) is 1. The van der Waals surface area contributed by atoms with E-state index >= 15 is 0 Å². The average Bonchev–Trinajstić information content (AvgIpc) is 3.29. The molecule has 1 aliphatic heterocycles. The van der Waals surface area contributed by atoms with Gasteiger partial charge in [0.25, 0.3) is 0 Å². The Bertz CT molecular complexity index is 910. The van der Waals surface area contributed by atoms with Gasteiger partial charge in [-0.1, -0.05) is 23.4 Å². The number of hydrogen-bond donors (Lipinski definition) is 1. The third-order valence-corrected chi connectivity index (χ3v) is 7.17. The molecule has 31 heavy (non-hydrogen) atoms. The normalized spacial score (nSPS) is 15.8. The van der Waals surface area contributed by atoms with Crippen LogP contribution in [0, 0.1) is 0 Å². The summed E-state index contributed by atoms with van der Waals surface area (Å²) in [6, 6.07) is 12.0. The maximum atomic E-state index is 12.6. The number of aliphatic imine (C=N–C) groups is 1. The van der Waals surface area contributed by atoms with Gasteiger partial charge in [0, 0.05) is 64.6 Å². The van der Waals surface area contributed by atoms with Gasteiger partial charge in [0.2, 0.25) is 10.0 Å². The number of sulfonamides is 1. The van der Waals surface area contributed by atoms with Gasteiger partial charge >= 0.3 is 0 Å². The number of rotatable bonds is 9. The Hall–Kier alpha value is -2.59. The Morgan fingerprint density at radius 3 is 2.55 bits per heavy atom. The molecule has 9 nitrogen and oxygen atoms in total. The van der Waals surface area contributed by atoms with Crippen LogP contribution in [0.4, 0.5) is 5.69 Å². The van der Waals surface area contributed by atoms with Crippen molar-refractivity contribution >= 4 is 21.7 Å². The van der Waals surface area contributed by atoms with Crippen LogP contribution in [-0.2, 0) is 15.8 Å². The zero-order valence-electron chi connectivity index (χ0n) is 18.3. The molecule has 1 aromatic heterocycles. The van der Waals surface area contributed by atoms with Crippen molar-refractivity contribution in [2.45, 2.75) is 19.1 Å². The number of hydrogen-bond acceptors (Lipinski definition) is 6. The molecule has 0 bridgehead atoms. The second kappa shape index (κ2) is 11.1. The summed E-state index contributed by atoms with van der Waals surface area (Å²) < 4.78 is 31.4. The first-order chi connectivity index (χ1) is 15.0. The molecule has 0 saturated carbocycles. The minimum atomic E-state index is -3.40. The van der Waals surface area contributed by atoms with E-state index < -0.39 is 10.0 Å². The van der Waals surface area contributed by atoms with Crippen LogP contribution < -0.4 is 10.2 Å². The molecule has 170 valence electrons. The summed E-state index contributed by atoms with van der Waals surface area (Å²) in [4.78, 5) is 8.84. The van der Waals surface area contributed by atoms with E-state index in [0.717, 1.165) is 32.0 Å². The van der Waals surface area contributed by atoms with Crippen molar-refractivity contribution in [3.8, 4) is 0 Å². The monoisotopic (exact) mass is 448 g/mol. The molecule has 3 rings (SSSR count). The number of para-hydroxylation sites is 1. The smallest absolute Gasteiger partial charge is 0.220 e. The molecule has 1 N–H and O–H groups in total. The quantitative estimate of drug-likeness (QED) is 0.354. The third-order valence-electron chi connectivity index (χ3n) is 5.36. The van der Waals surface area contributed by atoms with Crippen LogP contribution >= 0.6 is 0 Å². The SMILES string of the molecule is CCN(CCCNC(=NC)N1CCN(S(=O)(=O)Cc2ccon2)CC1)c1ccccc1. The Morgan fingerprint density at radius 2 is 1.94 bits per heavy atom. The number of guanidine groups is 1. The van der Waals surface area contributed by atoms with Crippen molar-refractivity contribution in [3.05, 3.63) is 48.4 Å². The standard InChI is InChI=1S/C21H32N6O3S/c1-3-25(20-8-5-4-6-9-20)12-7-11-23-21(22-2)26-13-15-27(16-14-26)31(28,29)18-19-10-17-30-24-19/h4-6,8-10,17H,3,7,11-16,18H2,1-2H3,(H,22,23). The summed E-state index contributed by atoms with van der Waals surface area (Å²) in [6.07, 6.45) is 2.37.